The molecule has 2 aromatic rings. The highest BCUT2D eigenvalue weighted by molar-refractivity contribution is 8.00. The number of nitrogens with zero attached hydrogens (tertiary/aromatic N) is 1. The van der Waals surface area contributed by atoms with Gasteiger partial charge in [0, 0.05) is 17.9 Å². The highest BCUT2D eigenvalue weighted by Crippen LogP contribution is 2.54. The monoisotopic (exact) mass is 410 g/mol. The Morgan fingerprint density at radius 1 is 1.17 bits per heavy atom. The summed E-state index contributed by atoms with van der Waals surface area (Å²) >= 11 is 1.66. The molecule has 4 rings (SSSR count). The number of rotatable bonds is 5. The molecule has 150 valence electrons. The topological polar surface area (TPSA) is 75.7 Å². The molecule has 2 aromatic carbocycles. The van der Waals surface area contributed by atoms with E-state index >= 15 is 0 Å². The molecule has 2 amide bonds. The second-order valence-electron chi connectivity index (χ2n) is 7.03. The zero-order valence-electron chi connectivity index (χ0n) is 16.1. The number of carbonyl (C=O) groups is 3. The van der Waals surface area contributed by atoms with Crippen molar-refractivity contribution >= 4 is 35.2 Å². The first kappa shape index (κ1) is 19.5. The summed E-state index contributed by atoms with van der Waals surface area (Å²) in [7, 11) is 0. The Bertz CT molecular complexity index is 932. The Balaban J connectivity index is 1.51. The number of thioether (sulfide) groups is 1. The quantitative estimate of drug-likeness (QED) is 0.765. The summed E-state index contributed by atoms with van der Waals surface area (Å²) in [6, 6.07) is 16.0. The number of amides is 2. The molecular weight excluding hydrogens is 388 g/mol. The summed E-state index contributed by atoms with van der Waals surface area (Å²) in [6.45, 7) is 2.06. The number of carbonyl (C=O) groups excluding carboxylic acids is 3. The fourth-order valence-electron chi connectivity index (χ4n) is 3.97. The molecule has 2 aliphatic rings. The lowest BCUT2D eigenvalue weighted by Crippen LogP contribution is -2.48. The molecule has 0 aromatic heterocycles. The Morgan fingerprint density at radius 2 is 1.90 bits per heavy atom. The summed E-state index contributed by atoms with van der Waals surface area (Å²) < 4.78 is 4.97. The molecular formula is C22H22N2O4S. The number of hydrogen-bond acceptors (Lipinski definition) is 5. The van der Waals surface area contributed by atoms with Crippen LogP contribution in [-0.2, 0) is 19.2 Å². The third-order valence-corrected chi connectivity index (χ3v) is 6.91. The van der Waals surface area contributed by atoms with E-state index in [-0.39, 0.29) is 11.8 Å². The molecule has 0 bridgehead atoms. The molecule has 2 heterocycles. The van der Waals surface area contributed by atoms with Crippen molar-refractivity contribution in [2.24, 2.45) is 0 Å². The van der Waals surface area contributed by atoms with Crippen molar-refractivity contribution in [3.05, 3.63) is 65.7 Å². The summed E-state index contributed by atoms with van der Waals surface area (Å²) in [6.07, 6.45) is 1.15. The minimum Gasteiger partial charge on any atom is -0.462 e. The zero-order chi connectivity index (χ0) is 20.4. The van der Waals surface area contributed by atoms with Gasteiger partial charge in [-0.05, 0) is 43.2 Å². The van der Waals surface area contributed by atoms with E-state index in [4.69, 9.17) is 4.74 Å². The second kappa shape index (κ2) is 7.91. The van der Waals surface area contributed by atoms with Crippen molar-refractivity contribution < 1.29 is 19.1 Å². The van der Waals surface area contributed by atoms with Crippen LogP contribution in [0.3, 0.4) is 0 Å². The minimum atomic E-state index is -0.528. The Morgan fingerprint density at radius 3 is 2.59 bits per heavy atom. The maximum Gasteiger partial charge on any atom is 0.338 e. The van der Waals surface area contributed by atoms with Gasteiger partial charge >= 0.3 is 5.97 Å². The van der Waals surface area contributed by atoms with Gasteiger partial charge in [0.05, 0.1) is 12.2 Å². The first-order valence-electron chi connectivity index (χ1n) is 9.65. The van der Waals surface area contributed by atoms with E-state index in [2.05, 4.69) is 5.32 Å². The lowest BCUT2D eigenvalue weighted by molar-refractivity contribution is -0.136. The maximum atomic E-state index is 13.0. The SMILES string of the molecule is CCOC(=O)c1ccc(NC(=O)[C@H]2CS[C@]3(c4ccccc4)CCC(=O)N23)cc1. The van der Waals surface area contributed by atoms with E-state index in [0.717, 1.165) is 5.56 Å². The van der Waals surface area contributed by atoms with E-state index in [1.165, 1.54) is 0 Å². The fourth-order valence-corrected chi connectivity index (χ4v) is 5.62. The molecule has 0 radical (unpaired) electrons. The molecule has 0 saturated carbocycles. The van der Waals surface area contributed by atoms with Crippen LogP contribution in [0, 0.1) is 0 Å². The van der Waals surface area contributed by atoms with Gasteiger partial charge in [-0.3, -0.25) is 9.59 Å². The van der Waals surface area contributed by atoms with Crippen LogP contribution >= 0.6 is 11.8 Å². The number of anilines is 1. The number of hydrogen-bond donors (Lipinski definition) is 1. The van der Waals surface area contributed by atoms with Crippen molar-refractivity contribution in [1.29, 1.82) is 0 Å². The van der Waals surface area contributed by atoms with Gasteiger partial charge in [0.2, 0.25) is 11.8 Å². The number of nitrogens with one attached hydrogen (secondary N) is 1. The van der Waals surface area contributed by atoms with Crippen LogP contribution in [-0.4, -0.2) is 41.1 Å². The van der Waals surface area contributed by atoms with Crippen LogP contribution in [0.15, 0.2) is 54.6 Å². The van der Waals surface area contributed by atoms with Crippen LogP contribution in [0.25, 0.3) is 0 Å². The summed E-state index contributed by atoms with van der Waals surface area (Å²) in [4.78, 5) is 38.7. The average molecular weight is 410 g/mol. The highest BCUT2D eigenvalue weighted by Gasteiger charge is 2.56. The first-order valence-corrected chi connectivity index (χ1v) is 10.6. The zero-order valence-corrected chi connectivity index (χ0v) is 16.9. The number of ether oxygens (including phenoxy) is 1. The van der Waals surface area contributed by atoms with Gasteiger partial charge in [-0.2, -0.15) is 0 Å². The molecule has 2 fully saturated rings. The lowest BCUT2D eigenvalue weighted by Gasteiger charge is -2.34. The van der Waals surface area contributed by atoms with E-state index in [1.54, 1.807) is 47.9 Å². The molecule has 2 aliphatic heterocycles. The lowest BCUT2D eigenvalue weighted by atomic mass is 10.0. The first-order chi connectivity index (χ1) is 14.0. The summed E-state index contributed by atoms with van der Waals surface area (Å²) in [5, 5.41) is 2.89. The van der Waals surface area contributed by atoms with Gasteiger partial charge in [-0.1, -0.05) is 30.3 Å². The highest BCUT2D eigenvalue weighted by atomic mass is 32.2. The second-order valence-corrected chi connectivity index (χ2v) is 8.33. The van der Waals surface area contributed by atoms with E-state index in [9.17, 15) is 14.4 Å². The number of benzene rings is 2. The van der Waals surface area contributed by atoms with Gasteiger partial charge in [-0.15, -0.1) is 11.8 Å². The van der Waals surface area contributed by atoms with Crippen LogP contribution in [0.1, 0.15) is 35.7 Å². The van der Waals surface area contributed by atoms with Crippen molar-refractivity contribution in [3.8, 4) is 0 Å². The van der Waals surface area contributed by atoms with Gasteiger partial charge in [0.25, 0.3) is 0 Å². The molecule has 0 aliphatic carbocycles. The smallest absolute Gasteiger partial charge is 0.338 e. The molecule has 6 nitrogen and oxygen atoms in total. The van der Waals surface area contributed by atoms with Crippen LogP contribution in [0.2, 0.25) is 0 Å². The van der Waals surface area contributed by atoms with Crippen molar-refractivity contribution in [2.75, 3.05) is 17.7 Å². The predicted octanol–water partition coefficient (Wildman–Crippen LogP) is 3.39. The largest absolute Gasteiger partial charge is 0.462 e. The molecule has 0 unspecified atom stereocenters. The number of fused-ring (bicyclic) bond motifs is 1. The Hall–Kier alpha value is -2.80. The van der Waals surface area contributed by atoms with E-state index in [1.807, 2.05) is 30.3 Å². The number of esters is 1. The van der Waals surface area contributed by atoms with E-state index < -0.39 is 16.9 Å². The molecule has 1 N–H and O–H groups in total. The van der Waals surface area contributed by atoms with Crippen molar-refractivity contribution in [3.63, 3.8) is 0 Å². The van der Waals surface area contributed by atoms with Gasteiger partial charge in [0.1, 0.15) is 10.9 Å². The average Bonchev–Trinajstić information content (AvgIpc) is 3.29. The fraction of sp³-hybridized carbons (Fsp3) is 0.318. The van der Waals surface area contributed by atoms with Crippen molar-refractivity contribution in [1.82, 2.24) is 4.90 Å². The standard InChI is InChI=1S/C22H22N2O4S/c1-2-28-21(27)15-8-10-17(11-9-15)23-20(26)18-14-29-22(13-12-19(25)24(18)22)16-6-4-3-5-7-16/h3-11,18H,2,12-14H2,1H3,(H,23,26)/t18-,22+/m1/s1. The molecule has 0 spiro atoms. The minimum absolute atomic E-state index is 0.0108. The third kappa shape index (κ3) is 3.51. The van der Waals surface area contributed by atoms with Gasteiger partial charge in [0.15, 0.2) is 0 Å². The van der Waals surface area contributed by atoms with Gasteiger partial charge in [-0.25, -0.2) is 4.79 Å². The van der Waals surface area contributed by atoms with Crippen LogP contribution in [0.4, 0.5) is 5.69 Å². The summed E-state index contributed by atoms with van der Waals surface area (Å²) in [5.74, 6) is -0.0492. The third-order valence-electron chi connectivity index (χ3n) is 5.32. The van der Waals surface area contributed by atoms with Crippen molar-refractivity contribution in [2.45, 2.75) is 30.7 Å². The maximum absolute atomic E-state index is 13.0. The van der Waals surface area contributed by atoms with Crippen LogP contribution < -0.4 is 5.32 Å². The van der Waals surface area contributed by atoms with Crippen LogP contribution in [0.5, 0.6) is 0 Å². The molecule has 2 atom stereocenters. The summed E-state index contributed by atoms with van der Waals surface area (Å²) in [5.41, 5.74) is 2.07. The Kier molecular flexibility index (Phi) is 5.32. The molecule has 2 saturated heterocycles. The molecule has 29 heavy (non-hydrogen) atoms. The molecule has 7 heteroatoms. The van der Waals surface area contributed by atoms with Gasteiger partial charge < -0.3 is 15.0 Å². The predicted molar refractivity (Wildman–Crippen MR) is 111 cm³/mol. The normalized spacial score (nSPS) is 23.0. The van der Waals surface area contributed by atoms with E-state index in [0.29, 0.717) is 36.5 Å². The Labute approximate surface area is 173 Å².